The first-order valence-electron chi connectivity index (χ1n) is 8.13. The van der Waals surface area contributed by atoms with E-state index in [1.807, 2.05) is 0 Å². The number of aryl methyl sites for hydroxylation is 1. The number of aliphatic hydroxyl groups is 1. The molecule has 2 rings (SSSR count). The third-order valence-electron chi connectivity index (χ3n) is 3.71. The fraction of sp³-hybridized carbons (Fsp3) is 0.429. The number of aliphatic hydroxyl groups excluding tert-OH is 1. The Balaban J connectivity index is 2.13. The zero-order chi connectivity index (χ0) is 22.0. The lowest BCUT2D eigenvalue weighted by Crippen LogP contribution is -2.18. The summed E-state index contributed by atoms with van der Waals surface area (Å²) in [4.78, 5) is 41.1. The molecule has 2 heterocycles. The van der Waals surface area contributed by atoms with Gasteiger partial charge < -0.3 is 34.9 Å². The van der Waals surface area contributed by atoms with Crippen LogP contribution in [0.4, 0.5) is 5.82 Å². The number of phosphoric acid groups is 2. The fourth-order valence-electron chi connectivity index (χ4n) is 2.44. The molecular formula is C14H20N4O8P2S-2. The summed E-state index contributed by atoms with van der Waals surface area (Å²) in [6.07, 6.45) is 1.66. The highest BCUT2D eigenvalue weighted by atomic mass is 32.2. The molecule has 1 aromatic heterocycles. The Labute approximate surface area is 171 Å². The van der Waals surface area contributed by atoms with Gasteiger partial charge in [0.25, 0.3) is 15.6 Å². The average molecular weight is 466 g/mol. The highest BCUT2D eigenvalue weighted by molar-refractivity contribution is 8.06. The molecule has 1 aliphatic rings. The van der Waals surface area contributed by atoms with Crippen molar-refractivity contribution in [2.45, 2.75) is 33.7 Å². The molecular weight excluding hydrogens is 446 g/mol. The number of anilines is 1. The predicted octanol–water partition coefficient (Wildman–Crippen LogP) is 1.25. The number of hydrogen-bond donors (Lipinski definition) is 3. The van der Waals surface area contributed by atoms with Crippen LogP contribution in [0.25, 0.3) is 0 Å². The Hall–Kier alpha value is -1.43. The second kappa shape index (κ2) is 9.15. The Morgan fingerprint density at radius 1 is 1.38 bits per heavy atom. The summed E-state index contributed by atoms with van der Waals surface area (Å²) in [7, 11) is -10.7. The van der Waals surface area contributed by atoms with Gasteiger partial charge in [-0.15, -0.1) is 0 Å². The first-order valence-corrected chi connectivity index (χ1v) is 11.9. The summed E-state index contributed by atoms with van der Waals surface area (Å²) in [6, 6.07) is 0. The van der Waals surface area contributed by atoms with E-state index in [1.165, 1.54) is 18.7 Å². The van der Waals surface area contributed by atoms with Crippen LogP contribution in [0.5, 0.6) is 0 Å². The number of phosphoric ester groups is 1. The van der Waals surface area contributed by atoms with E-state index in [0.717, 1.165) is 0 Å². The predicted molar refractivity (Wildman–Crippen MR) is 101 cm³/mol. The highest BCUT2D eigenvalue weighted by Gasteiger charge is 2.28. The molecule has 15 heteroatoms. The molecule has 29 heavy (non-hydrogen) atoms. The molecule has 1 aliphatic heterocycles. The maximum absolute atomic E-state index is 11.4. The maximum atomic E-state index is 11.4. The Morgan fingerprint density at radius 2 is 2.03 bits per heavy atom. The van der Waals surface area contributed by atoms with Crippen LogP contribution < -0.4 is 15.5 Å². The molecule has 0 radical (unpaired) electrons. The Kier molecular flexibility index (Phi) is 7.52. The number of rotatable bonds is 8. The van der Waals surface area contributed by atoms with Gasteiger partial charge in [0.1, 0.15) is 22.4 Å². The van der Waals surface area contributed by atoms with E-state index in [9.17, 15) is 24.0 Å². The largest absolute Gasteiger partial charge is 0.756 e. The number of thioether (sulfide) groups is 1. The average Bonchev–Trinajstić information content (AvgIpc) is 2.84. The van der Waals surface area contributed by atoms with Gasteiger partial charge in [0.2, 0.25) is 0 Å². The standard InChI is InChI=1S/C14H22N4O8P2S/c1-8-12(4-5-25-28(23,24)26-27(20,21)22)29-14(9(2)19)18(8)7-11-6-16-10(3)17-13(11)15/h6,19H,4-5,7H2,1-3H3,(H,23,24)(H2,15,16,17)(H2,20,21,22)/p-2/b14-9+. The van der Waals surface area contributed by atoms with E-state index >= 15 is 0 Å². The number of aromatic nitrogens is 2. The van der Waals surface area contributed by atoms with Crippen molar-refractivity contribution in [3.8, 4) is 0 Å². The van der Waals surface area contributed by atoms with Crippen LogP contribution in [0.1, 0.15) is 31.7 Å². The molecule has 1 aromatic rings. The van der Waals surface area contributed by atoms with Gasteiger partial charge in [0, 0.05) is 28.8 Å². The minimum atomic E-state index is -5.49. The first-order chi connectivity index (χ1) is 13.3. The molecule has 0 fully saturated rings. The summed E-state index contributed by atoms with van der Waals surface area (Å²) in [5.41, 5.74) is 7.28. The van der Waals surface area contributed by atoms with Crippen LogP contribution in [0.2, 0.25) is 0 Å². The van der Waals surface area contributed by atoms with Crippen LogP contribution in [-0.2, 0) is 24.5 Å². The van der Waals surface area contributed by atoms with Crippen molar-refractivity contribution in [3.63, 3.8) is 0 Å². The minimum Gasteiger partial charge on any atom is -0.756 e. The molecule has 0 aromatic carbocycles. The smallest absolute Gasteiger partial charge is 0.274 e. The van der Waals surface area contributed by atoms with Gasteiger partial charge >= 0.3 is 0 Å². The molecule has 0 aliphatic carbocycles. The molecule has 0 saturated carbocycles. The molecule has 2 unspecified atom stereocenters. The number of nitrogen functional groups attached to an aromatic ring is 1. The van der Waals surface area contributed by atoms with Crippen molar-refractivity contribution in [1.29, 1.82) is 0 Å². The van der Waals surface area contributed by atoms with Crippen molar-refractivity contribution in [1.82, 2.24) is 14.9 Å². The molecule has 4 N–H and O–H groups in total. The van der Waals surface area contributed by atoms with E-state index in [-0.39, 0.29) is 18.7 Å². The van der Waals surface area contributed by atoms with E-state index in [1.54, 1.807) is 24.9 Å². The van der Waals surface area contributed by atoms with Crippen LogP contribution in [0, 0.1) is 6.92 Å². The van der Waals surface area contributed by atoms with E-state index in [0.29, 0.717) is 32.8 Å². The third-order valence-corrected chi connectivity index (χ3v) is 7.29. The van der Waals surface area contributed by atoms with Crippen molar-refractivity contribution in [2.75, 3.05) is 12.3 Å². The number of hydrogen-bond acceptors (Lipinski definition) is 12. The number of nitrogens with zero attached hydrogens (tertiary/aromatic N) is 3. The zero-order valence-corrected chi connectivity index (χ0v) is 18.4. The quantitative estimate of drug-likeness (QED) is 0.366. The van der Waals surface area contributed by atoms with Crippen molar-refractivity contribution >= 4 is 33.2 Å². The normalized spacial score (nSPS) is 20.6. The number of nitrogens with two attached hydrogens (primary N) is 1. The second-order valence-electron chi connectivity index (χ2n) is 6.00. The van der Waals surface area contributed by atoms with Gasteiger partial charge in [-0.2, -0.15) is 0 Å². The molecule has 162 valence electrons. The molecule has 0 amide bonds. The van der Waals surface area contributed by atoms with Gasteiger partial charge in [-0.3, -0.25) is 9.13 Å². The molecule has 12 nitrogen and oxygen atoms in total. The molecule has 0 saturated heterocycles. The monoisotopic (exact) mass is 466 g/mol. The fourth-order valence-corrected chi connectivity index (χ4v) is 5.10. The van der Waals surface area contributed by atoms with E-state index in [2.05, 4.69) is 18.8 Å². The lowest BCUT2D eigenvalue weighted by molar-refractivity contribution is -0.240. The van der Waals surface area contributed by atoms with Crippen LogP contribution >= 0.6 is 27.4 Å². The van der Waals surface area contributed by atoms with E-state index < -0.39 is 22.3 Å². The van der Waals surface area contributed by atoms with Crippen molar-refractivity contribution in [2.24, 2.45) is 0 Å². The van der Waals surface area contributed by atoms with Gasteiger partial charge in [-0.25, -0.2) is 14.3 Å². The topological polar surface area (TPSA) is 194 Å². The summed E-state index contributed by atoms with van der Waals surface area (Å²) >= 11 is 1.20. The second-order valence-corrected chi connectivity index (χ2v) is 9.82. The highest BCUT2D eigenvalue weighted by Crippen LogP contribution is 2.53. The van der Waals surface area contributed by atoms with Gasteiger partial charge in [-0.1, -0.05) is 11.8 Å². The summed E-state index contributed by atoms with van der Waals surface area (Å²) < 4.78 is 29.9. The Bertz CT molecular complexity index is 944. The van der Waals surface area contributed by atoms with Crippen LogP contribution in [-0.4, -0.2) is 31.5 Å². The lowest BCUT2D eigenvalue weighted by atomic mass is 10.2. The van der Waals surface area contributed by atoms with Crippen LogP contribution in [0.3, 0.4) is 0 Å². The third kappa shape index (κ3) is 6.80. The maximum Gasteiger partial charge on any atom is 0.274 e. The molecule has 0 spiro atoms. The van der Waals surface area contributed by atoms with Gasteiger partial charge in [0.15, 0.2) is 0 Å². The van der Waals surface area contributed by atoms with Crippen molar-refractivity contribution < 1.29 is 37.8 Å². The lowest BCUT2D eigenvalue weighted by Gasteiger charge is -2.27. The van der Waals surface area contributed by atoms with Crippen molar-refractivity contribution in [3.05, 3.63) is 39.0 Å². The minimum absolute atomic E-state index is 0.0438. The zero-order valence-electron chi connectivity index (χ0n) is 15.8. The SMILES string of the molecule is CC1=C(CCOP(=O)([O-])OP(=O)([O-])O)S/C(=C(\C)O)N1Cc1cnc(C)nc1N. The van der Waals surface area contributed by atoms with Gasteiger partial charge in [-0.05, 0) is 20.8 Å². The summed E-state index contributed by atoms with van der Waals surface area (Å²) in [6.45, 7) is 4.82. The number of allylic oxidation sites excluding steroid dienone is 2. The van der Waals surface area contributed by atoms with E-state index in [4.69, 9.17) is 10.6 Å². The Morgan fingerprint density at radius 3 is 2.59 bits per heavy atom. The van der Waals surface area contributed by atoms with Gasteiger partial charge in [0.05, 0.1) is 13.2 Å². The summed E-state index contributed by atoms with van der Waals surface area (Å²) in [5, 5.41) is 10.5. The molecule has 2 atom stereocenters. The van der Waals surface area contributed by atoms with Crippen LogP contribution in [0.15, 0.2) is 27.6 Å². The first kappa shape index (κ1) is 23.8. The summed E-state index contributed by atoms with van der Waals surface area (Å²) in [5.74, 6) is 0.871. The molecule has 0 bridgehead atoms.